The molecule has 1 atom stereocenters. The number of nitrogens with one attached hydrogen (secondary N) is 1. The lowest BCUT2D eigenvalue weighted by Crippen LogP contribution is -2.48. The quantitative estimate of drug-likeness (QED) is 0.739. The normalized spacial score (nSPS) is 15.9. The van der Waals surface area contributed by atoms with Crippen molar-refractivity contribution in [3.05, 3.63) is 41.0 Å². The van der Waals surface area contributed by atoms with Gasteiger partial charge in [0, 0.05) is 6.54 Å². The van der Waals surface area contributed by atoms with Crippen LogP contribution in [0.25, 0.3) is 0 Å². The monoisotopic (exact) mass is 378 g/mol. The molecule has 0 radical (unpaired) electrons. The molecule has 5 nitrogen and oxygen atoms in total. The van der Waals surface area contributed by atoms with Gasteiger partial charge in [-0.15, -0.1) is 0 Å². The molecule has 0 heterocycles. The average Bonchev–Trinajstić information content (AvgIpc) is 2.57. The fourth-order valence-electron chi connectivity index (χ4n) is 3.36. The SMILES string of the molecule is Cc1ccc(C)c(N([C@H](C)C(=O)NCCC2=CCCCC2)S(C)(=O)=O)c1. The maximum atomic E-state index is 12.6. The number of sulfonamides is 1. The summed E-state index contributed by atoms with van der Waals surface area (Å²) in [5.41, 5.74) is 3.73. The van der Waals surface area contributed by atoms with Crippen molar-refractivity contribution < 1.29 is 13.2 Å². The molecule has 1 aliphatic carbocycles. The van der Waals surface area contributed by atoms with Crippen molar-refractivity contribution >= 4 is 21.6 Å². The highest BCUT2D eigenvalue weighted by Crippen LogP contribution is 2.26. The van der Waals surface area contributed by atoms with Gasteiger partial charge in [-0.1, -0.05) is 23.8 Å². The van der Waals surface area contributed by atoms with E-state index in [0.717, 1.165) is 36.6 Å². The van der Waals surface area contributed by atoms with E-state index in [1.807, 2.05) is 32.0 Å². The zero-order valence-electron chi connectivity index (χ0n) is 16.2. The van der Waals surface area contributed by atoms with Crippen molar-refractivity contribution in [3.63, 3.8) is 0 Å². The van der Waals surface area contributed by atoms with Crippen LogP contribution < -0.4 is 9.62 Å². The van der Waals surface area contributed by atoms with Gasteiger partial charge in [-0.05, 0) is 70.1 Å². The number of hydrogen-bond acceptors (Lipinski definition) is 3. The standard InChI is InChI=1S/C20H30N2O3S/c1-15-10-11-16(2)19(14-15)22(26(4,24)25)17(3)20(23)21-13-12-18-8-6-5-7-9-18/h8,10-11,14,17H,5-7,9,12-13H2,1-4H3,(H,21,23)/t17-/m1/s1. The molecule has 6 heteroatoms. The summed E-state index contributed by atoms with van der Waals surface area (Å²) in [7, 11) is -3.59. The van der Waals surface area contributed by atoms with E-state index in [1.54, 1.807) is 6.92 Å². The Morgan fingerprint density at radius 3 is 2.62 bits per heavy atom. The third-order valence-electron chi connectivity index (χ3n) is 4.82. The first kappa shape index (κ1) is 20.5. The fourth-order valence-corrected chi connectivity index (χ4v) is 4.59. The summed E-state index contributed by atoms with van der Waals surface area (Å²) in [6.45, 7) is 5.94. The minimum absolute atomic E-state index is 0.271. The number of carbonyl (C=O) groups is 1. The molecular formula is C20H30N2O3S. The molecule has 0 aliphatic heterocycles. The van der Waals surface area contributed by atoms with Gasteiger partial charge >= 0.3 is 0 Å². The van der Waals surface area contributed by atoms with Gasteiger partial charge in [0.2, 0.25) is 15.9 Å². The van der Waals surface area contributed by atoms with Crippen LogP contribution in [-0.4, -0.2) is 33.2 Å². The maximum absolute atomic E-state index is 12.6. The fraction of sp³-hybridized carbons (Fsp3) is 0.550. The molecule has 1 aliphatic rings. The second-order valence-electron chi connectivity index (χ2n) is 7.17. The molecule has 0 unspecified atom stereocenters. The van der Waals surface area contributed by atoms with Crippen LogP contribution in [0.5, 0.6) is 0 Å². The van der Waals surface area contributed by atoms with E-state index in [0.29, 0.717) is 12.2 Å². The Bertz CT molecular complexity index is 784. The van der Waals surface area contributed by atoms with E-state index in [1.165, 1.54) is 22.7 Å². The van der Waals surface area contributed by atoms with Gasteiger partial charge in [-0.3, -0.25) is 9.10 Å². The Morgan fingerprint density at radius 1 is 1.27 bits per heavy atom. The van der Waals surface area contributed by atoms with E-state index < -0.39 is 16.1 Å². The second-order valence-corrected chi connectivity index (χ2v) is 9.03. The van der Waals surface area contributed by atoms with Crippen LogP contribution >= 0.6 is 0 Å². The zero-order valence-corrected chi connectivity index (χ0v) is 17.0. The topological polar surface area (TPSA) is 66.5 Å². The molecule has 1 aromatic rings. The Balaban J connectivity index is 2.11. The maximum Gasteiger partial charge on any atom is 0.243 e. The van der Waals surface area contributed by atoms with Gasteiger partial charge in [0.25, 0.3) is 0 Å². The van der Waals surface area contributed by atoms with Crippen LogP contribution in [0, 0.1) is 13.8 Å². The highest BCUT2D eigenvalue weighted by atomic mass is 32.2. The summed E-state index contributed by atoms with van der Waals surface area (Å²) >= 11 is 0. The predicted octanol–water partition coefficient (Wildman–Crippen LogP) is 3.46. The van der Waals surface area contributed by atoms with Crippen LogP contribution in [0.3, 0.4) is 0 Å². The highest BCUT2D eigenvalue weighted by molar-refractivity contribution is 7.92. The van der Waals surface area contributed by atoms with E-state index in [4.69, 9.17) is 0 Å². The summed E-state index contributed by atoms with van der Waals surface area (Å²) in [5, 5.41) is 2.90. The first-order valence-electron chi connectivity index (χ1n) is 9.22. The Labute approximate surface area is 157 Å². The van der Waals surface area contributed by atoms with Crippen LogP contribution in [0.2, 0.25) is 0 Å². The first-order valence-corrected chi connectivity index (χ1v) is 11.1. The van der Waals surface area contributed by atoms with Gasteiger partial charge in [0.05, 0.1) is 11.9 Å². The van der Waals surface area contributed by atoms with Crippen molar-refractivity contribution in [2.45, 2.75) is 58.9 Å². The smallest absolute Gasteiger partial charge is 0.243 e. The summed E-state index contributed by atoms with van der Waals surface area (Å²) in [6, 6.07) is 4.82. The summed E-state index contributed by atoms with van der Waals surface area (Å²) < 4.78 is 26.0. The van der Waals surface area contributed by atoms with E-state index in [9.17, 15) is 13.2 Å². The van der Waals surface area contributed by atoms with Gasteiger partial charge in [0.15, 0.2) is 0 Å². The Kier molecular flexibility index (Phi) is 6.87. The van der Waals surface area contributed by atoms with Crippen LogP contribution in [0.15, 0.2) is 29.8 Å². The van der Waals surface area contributed by atoms with Crippen LogP contribution in [0.4, 0.5) is 5.69 Å². The first-order chi connectivity index (χ1) is 12.2. The van der Waals surface area contributed by atoms with Gasteiger partial charge in [0.1, 0.15) is 6.04 Å². The number of aryl methyl sites for hydroxylation is 2. The Hall–Kier alpha value is -1.82. The molecule has 0 bridgehead atoms. The van der Waals surface area contributed by atoms with Crippen molar-refractivity contribution in [3.8, 4) is 0 Å². The zero-order chi connectivity index (χ0) is 19.3. The lowest BCUT2D eigenvalue weighted by Gasteiger charge is -2.30. The average molecular weight is 379 g/mol. The largest absolute Gasteiger partial charge is 0.354 e. The minimum atomic E-state index is -3.59. The lowest BCUT2D eigenvalue weighted by atomic mass is 9.97. The van der Waals surface area contributed by atoms with Crippen LogP contribution in [-0.2, 0) is 14.8 Å². The molecule has 2 rings (SSSR count). The van der Waals surface area contributed by atoms with E-state index in [2.05, 4.69) is 11.4 Å². The Morgan fingerprint density at radius 2 is 2.00 bits per heavy atom. The minimum Gasteiger partial charge on any atom is -0.354 e. The third-order valence-corrected chi connectivity index (χ3v) is 6.05. The number of carbonyl (C=O) groups excluding carboxylic acids is 1. The molecule has 0 spiro atoms. The highest BCUT2D eigenvalue weighted by Gasteiger charge is 2.30. The molecule has 26 heavy (non-hydrogen) atoms. The molecule has 144 valence electrons. The lowest BCUT2D eigenvalue weighted by molar-refractivity contribution is -0.121. The van der Waals surface area contributed by atoms with E-state index in [-0.39, 0.29) is 5.91 Å². The summed E-state index contributed by atoms with van der Waals surface area (Å²) in [4.78, 5) is 12.6. The molecule has 0 aromatic heterocycles. The van der Waals surface area contributed by atoms with Gasteiger partial charge in [-0.25, -0.2) is 8.42 Å². The van der Waals surface area contributed by atoms with Crippen molar-refractivity contribution in [1.82, 2.24) is 5.32 Å². The number of benzene rings is 1. The molecule has 0 saturated carbocycles. The summed E-state index contributed by atoms with van der Waals surface area (Å²) in [5.74, 6) is -0.271. The van der Waals surface area contributed by atoms with E-state index >= 15 is 0 Å². The molecule has 0 fully saturated rings. The van der Waals surface area contributed by atoms with Crippen molar-refractivity contribution in [1.29, 1.82) is 0 Å². The van der Waals surface area contributed by atoms with Crippen molar-refractivity contribution in [2.24, 2.45) is 0 Å². The van der Waals surface area contributed by atoms with Gasteiger partial charge < -0.3 is 5.32 Å². The molecule has 1 aromatic carbocycles. The molecule has 0 saturated heterocycles. The number of allylic oxidation sites excluding steroid dienone is 1. The number of hydrogen-bond donors (Lipinski definition) is 1. The number of anilines is 1. The number of rotatable bonds is 7. The number of nitrogens with zero attached hydrogens (tertiary/aromatic N) is 1. The second kappa shape index (κ2) is 8.71. The predicted molar refractivity (Wildman–Crippen MR) is 107 cm³/mol. The molecular weight excluding hydrogens is 348 g/mol. The molecule has 1 amide bonds. The van der Waals surface area contributed by atoms with Crippen LogP contribution in [0.1, 0.15) is 50.2 Å². The molecule has 1 N–H and O–H groups in total. The third kappa shape index (κ3) is 5.34. The summed E-state index contributed by atoms with van der Waals surface area (Å²) in [6.07, 6.45) is 8.92. The number of amides is 1. The van der Waals surface area contributed by atoms with Gasteiger partial charge in [-0.2, -0.15) is 0 Å². The van der Waals surface area contributed by atoms with Crippen molar-refractivity contribution in [2.75, 3.05) is 17.1 Å².